The molecule has 0 bridgehead atoms. The molecule has 1 aliphatic heterocycles. The van der Waals surface area contributed by atoms with E-state index in [0.717, 1.165) is 11.4 Å². The Balaban J connectivity index is 1.88. The van der Waals surface area contributed by atoms with E-state index in [1.54, 1.807) is 0 Å². The lowest BCUT2D eigenvalue weighted by molar-refractivity contribution is -0.115. The lowest BCUT2D eigenvalue weighted by Crippen LogP contribution is -2.39. The average molecular weight is 289 g/mol. The molecule has 1 heterocycles. The summed E-state index contributed by atoms with van der Waals surface area (Å²) >= 11 is 0. The number of piperidine rings is 1. The van der Waals surface area contributed by atoms with Gasteiger partial charge in [0.1, 0.15) is 0 Å². The minimum absolute atomic E-state index is 0.0503. The van der Waals surface area contributed by atoms with Crippen LogP contribution in [0.4, 0.5) is 11.4 Å². The number of nitrogens with zero attached hydrogens (tertiary/aromatic N) is 1. The summed E-state index contributed by atoms with van der Waals surface area (Å²) in [6.45, 7) is 6.50. The van der Waals surface area contributed by atoms with Gasteiger partial charge in [0.25, 0.3) is 0 Å². The smallest absolute Gasteiger partial charge is 0.224 e. The minimum atomic E-state index is 0.0503. The predicted molar refractivity (Wildman–Crippen MR) is 88.7 cm³/mol. The summed E-state index contributed by atoms with van der Waals surface area (Å²) in [4.78, 5) is 13.8. The van der Waals surface area contributed by atoms with Gasteiger partial charge in [0.05, 0.1) is 0 Å². The molecule has 4 heteroatoms. The van der Waals surface area contributed by atoms with E-state index in [2.05, 4.69) is 29.5 Å². The number of carbonyl (C=O) groups excluding carboxylic acids is 1. The van der Waals surface area contributed by atoms with Crippen molar-refractivity contribution < 1.29 is 4.79 Å². The number of anilines is 2. The van der Waals surface area contributed by atoms with Crippen LogP contribution >= 0.6 is 0 Å². The number of rotatable bonds is 5. The average Bonchev–Trinajstić information content (AvgIpc) is 2.49. The van der Waals surface area contributed by atoms with Crippen LogP contribution in [0.5, 0.6) is 0 Å². The van der Waals surface area contributed by atoms with Gasteiger partial charge in [-0.3, -0.25) is 4.79 Å². The molecule has 2 N–H and O–H groups in total. The van der Waals surface area contributed by atoms with Crippen molar-refractivity contribution in [1.82, 2.24) is 4.90 Å². The number of likely N-dealkylation sites (tertiary alicyclic amines) is 1. The van der Waals surface area contributed by atoms with Crippen molar-refractivity contribution in [3.63, 3.8) is 0 Å². The molecule has 2 atom stereocenters. The third-order valence-corrected chi connectivity index (χ3v) is 4.25. The molecule has 21 heavy (non-hydrogen) atoms. The maximum atomic E-state index is 11.3. The zero-order valence-corrected chi connectivity index (χ0v) is 13.4. The Morgan fingerprint density at radius 3 is 2.62 bits per heavy atom. The Morgan fingerprint density at radius 1 is 1.33 bits per heavy atom. The second kappa shape index (κ2) is 7.46. The summed E-state index contributed by atoms with van der Waals surface area (Å²) < 4.78 is 0. The van der Waals surface area contributed by atoms with Crippen molar-refractivity contribution in [2.75, 3.05) is 30.8 Å². The lowest BCUT2D eigenvalue weighted by atomic mass is 9.92. The van der Waals surface area contributed by atoms with Crippen LogP contribution in [0.1, 0.15) is 33.1 Å². The van der Waals surface area contributed by atoms with Gasteiger partial charge >= 0.3 is 0 Å². The van der Waals surface area contributed by atoms with Gasteiger partial charge in [-0.05, 0) is 63.5 Å². The maximum Gasteiger partial charge on any atom is 0.224 e. The summed E-state index contributed by atoms with van der Waals surface area (Å²) in [6.07, 6.45) is 3.09. The van der Waals surface area contributed by atoms with Gasteiger partial charge in [-0.15, -0.1) is 0 Å². The molecular weight excluding hydrogens is 262 g/mol. The van der Waals surface area contributed by atoms with Gasteiger partial charge in [-0.2, -0.15) is 0 Å². The molecule has 4 nitrogen and oxygen atoms in total. The van der Waals surface area contributed by atoms with E-state index < -0.39 is 0 Å². The second-order valence-corrected chi connectivity index (χ2v) is 6.08. The standard InChI is InChI=1S/C17H27N3O/c1-4-17(21)19-16-9-7-15(8-10-16)18-13(2)14-6-5-11-20(3)12-14/h7-10,13-14,18H,4-6,11-12H2,1-3H3,(H,19,21). The normalized spacial score (nSPS) is 20.8. The molecule has 0 aliphatic carbocycles. The van der Waals surface area contributed by atoms with Gasteiger partial charge in [0.15, 0.2) is 0 Å². The van der Waals surface area contributed by atoms with E-state index in [-0.39, 0.29) is 5.91 Å². The molecule has 2 rings (SSSR count). The molecule has 1 aromatic carbocycles. The van der Waals surface area contributed by atoms with E-state index >= 15 is 0 Å². The molecule has 0 aromatic heterocycles. The fraction of sp³-hybridized carbons (Fsp3) is 0.588. The first kappa shape index (κ1) is 15.8. The topological polar surface area (TPSA) is 44.4 Å². The van der Waals surface area contributed by atoms with Crippen LogP contribution in [0, 0.1) is 5.92 Å². The van der Waals surface area contributed by atoms with Crippen molar-refractivity contribution >= 4 is 17.3 Å². The van der Waals surface area contributed by atoms with E-state index in [1.165, 1.54) is 25.9 Å². The zero-order valence-electron chi connectivity index (χ0n) is 13.4. The molecule has 116 valence electrons. The molecule has 2 unspecified atom stereocenters. The Morgan fingerprint density at radius 2 is 2.00 bits per heavy atom. The number of hydrogen-bond donors (Lipinski definition) is 2. The van der Waals surface area contributed by atoms with Crippen molar-refractivity contribution in [1.29, 1.82) is 0 Å². The third kappa shape index (κ3) is 4.74. The molecule has 1 saturated heterocycles. The van der Waals surface area contributed by atoms with Gasteiger partial charge in [0.2, 0.25) is 5.91 Å². The highest BCUT2D eigenvalue weighted by molar-refractivity contribution is 5.90. The Labute approximate surface area is 127 Å². The Hall–Kier alpha value is -1.55. The Kier molecular flexibility index (Phi) is 5.62. The van der Waals surface area contributed by atoms with E-state index in [1.807, 2.05) is 31.2 Å². The van der Waals surface area contributed by atoms with Gasteiger partial charge < -0.3 is 15.5 Å². The van der Waals surface area contributed by atoms with Crippen LogP contribution in [-0.4, -0.2) is 37.0 Å². The summed E-state index contributed by atoms with van der Waals surface area (Å²) in [5, 5.41) is 6.46. The van der Waals surface area contributed by atoms with E-state index in [0.29, 0.717) is 18.4 Å². The number of hydrogen-bond acceptors (Lipinski definition) is 3. The molecule has 0 spiro atoms. The molecule has 0 radical (unpaired) electrons. The zero-order chi connectivity index (χ0) is 15.2. The van der Waals surface area contributed by atoms with Crippen LogP contribution in [0.15, 0.2) is 24.3 Å². The highest BCUT2D eigenvalue weighted by atomic mass is 16.1. The summed E-state index contributed by atoms with van der Waals surface area (Å²) in [7, 11) is 2.20. The van der Waals surface area contributed by atoms with Crippen molar-refractivity contribution in [2.24, 2.45) is 5.92 Å². The van der Waals surface area contributed by atoms with Gasteiger partial charge in [-0.1, -0.05) is 6.92 Å². The highest BCUT2D eigenvalue weighted by Gasteiger charge is 2.22. The fourth-order valence-electron chi connectivity index (χ4n) is 2.89. The molecule has 1 aliphatic rings. The van der Waals surface area contributed by atoms with Crippen LogP contribution in [0.3, 0.4) is 0 Å². The van der Waals surface area contributed by atoms with Crippen LogP contribution in [0.25, 0.3) is 0 Å². The maximum absolute atomic E-state index is 11.3. The van der Waals surface area contributed by atoms with Gasteiger partial charge in [0, 0.05) is 30.4 Å². The minimum Gasteiger partial charge on any atom is -0.382 e. The first-order valence-corrected chi connectivity index (χ1v) is 7.93. The van der Waals surface area contributed by atoms with Crippen LogP contribution in [0.2, 0.25) is 0 Å². The van der Waals surface area contributed by atoms with Gasteiger partial charge in [-0.25, -0.2) is 0 Å². The number of amides is 1. The molecule has 0 saturated carbocycles. The van der Waals surface area contributed by atoms with Crippen molar-refractivity contribution in [3.8, 4) is 0 Å². The van der Waals surface area contributed by atoms with Crippen molar-refractivity contribution in [2.45, 2.75) is 39.2 Å². The van der Waals surface area contributed by atoms with Crippen LogP contribution < -0.4 is 10.6 Å². The SMILES string of the molecule is CCC(=O)Nc1ccc(NC(C)C2CCCN(C)C2)cc1. The van der Waals surface area contributed by atoms with Crippen molar-refractivity contribution in [3.05, 3.63) is 24.3 Å². The monoisotopic (exact) mass is 289 g/mol. The summed E-state index contributed by atoms with van der Waals surface area (Å²) in [5.41, 5.74) is 1.97. The van der Waals surface area contributed by atoms with E-state index in [4.69, 9.17) is 0 Å². The summed E-state index contributed by atoms with van der Waals surface area (Å²) in [6, 6.07) is 8.44. The first-order chi connectivity index (χ1) is 10.1. The second-order valence-electron chi connectivity index (χ2n) is 6.08. The van der Waals surface area contributed by atoms with Crippen LogP contribution in [-0.2, 0) is 4.79 Å². The lowest BCUT2D eigenvalue weighted by Gasteiger charge is -2.34. The van der Waals surface area contributed by atoms with E-state index in [9.17, 15) is 4.79 Å². The third-order valence-electron chi connectivity index (χ3n) is 4.25. The molecular formula is C17H27N3O. The number of carbonyl (C=O) groups is 1. The molecule has 1 amide bonds. The quantitative estimate of drug-likeness (QED) is 0.875. The number of nitrogens with one attached hydrogen (secondary N) is 2. The molecule has 1 aromatic rings. The number of benzene rings is 1. The fourth-order valence-corrected chi connectivity index (χ4v) is 2.89. The first-order valence-electron chi connectivity index (χ1n) is 7.93. The largest absolute Gasteiger partial charge is 0.382 e. The molecule has 1 fully saturated rings. The summed E-state index contributed by atoms with van der Waals surface area (Å²) in [5.74, 6) is 0.748. The Bertz CT molecular complexity index is 458. The predicted octanol–water partition coefficient (Wildman–Crippen LogP) is 3.18. The highest BCUT2D eigenvalue weighted by Crippen LogP contribution is 2.22.